The highest BCUT2D eigenvalue weighted by Gasteiger charge is 2.12. The minimum Gasteiger partial charge on any atom is -0.455 e. The van der Waals surface area contributed by atoms with Crippen LogP contribution in [0, 0.1) is 0 Å². The molecule has 4 aromatic rings. The molecular formula is C19H15N3O3S. The predicted molar refractivity (Wildman–Crippen MR) is 100 cm³/mol. The van der Waals surface area contributed by atoms with Crippen molar-refractivity contribution in [3.05, 3.63) is 65.9 Å². The molecule has 0 radical (unpaired) electrons. The van der Waals surface area contributed by atoms with Gasteiger partial charge in [-0.3, -0.25) is 14.0 Å². The quantitative estimate of drug-likeness (QED) is 0.551. The van der Waals surface area contributed by atoms with Gasteiger partial charge in [0.2, 0.25) is 0 Å². The normalized spacial score (nSPS) is 10.9. The average Bonchev–Trinajstić information content (AvgIpc) is 3.22. The minimum atomic E-state index is -0.483. The number of nitrogens with zero attached hydrogens (tertiary/aromatic N) is 2. The monoisotopic (exact) mass is 365 g/mol. The van der Waals surface area contributed by atoms with Crippen LogP contribution in [-0.4, -0.2) is 27.9 Å². The van der Waals surface area contributed by atoms with Gasteiger partial charge in [-0.15, -0.1) is 11.3 Å². The first-order valence-corrected chi connectivity index (χ1v) is 8.91. The van der Waals surface area contributed by atoms with Crippen LogP contribution in [0.5, 0.6) is 0 Å². The first-order valence-electron chi connectivity index (χ1n) is 8.03. The largest absolute Gasteiger partial charge is 0.455 e. The standard InChI is InChI=1S/C19H15N3O3S/c23-17(21-16-7-3-5-13-4-1-2-6-15(13)16)12-25-18(24)10-14-11-22-8-9-26-19(22)20-14/h1-9,11H,10,12H2,(H,21,23). The van der Waals surface area contributed by atoms with Crippen LogP contribution in [0.1, 0.15) is 5.69 Å². The summed E-state index contributed by atoms with van der Waals surface area (Å²) in [5.74, 6) is -0.857. The Bertz CT molecular complexity index is 1070. The van der Waals surface area contributed by atoms with E-state index in [0.717, 1.165) is 15.7 Å². The van der Waals surface area contributed by atoms with E-state index >= 15 is 0 Å². The van der Waals surface area contributed by atoms with E-state index < -0.39 is 5.97 Å². The van der Waals surface area contributed by atoms with Crippen molar-refractivity contribution < 1.29 is 14.3 Å². The maximum Gasteiger partial charge on any atom is 0.312 e. The number of carbonyl (C=O) groups excluding carboxylic acids is 2. The first kappa shape index (κ1) is 16.3. The third-order valence-electron chi connectivity index (χ3n) is 3.90. The topological polar surface area (TPSA) is 72.7 Å². The summed E-state index contributed by atoms with van der Waals surface area (Å²) in [6.45, 7) is -0.329. The van der Waals surface area contributed by atoms with E-state index in [0.29, 0.717) is 11.4 Å². The van der Waals surface area contributed by atoms with Crippen LogP contribution in [0.3, 0.4) is 0 Å². The molecule has 0 atom stereocenters. The highest BCUT2D eigenvalue weighted by molar-refractivity contribution is 7.15. The first-order chi connectivity index (χ1) is 12.7. The molecule has 0 saturated carbocycles. The van der Waals surface area contributed by atoms with Crippen LogP contribution in [0.2, 0.25) is 0 Å². The van der Waals surface area contributed by atoms with Gasteiger partial charge < -0.3 is 10.1 Å². The minimum absolute atomic E-state index is 0.0376. The molecule has 0 spiro atoms. The van der Waals surface area contributed by atoms with Crippen molar-refractivity contribution >= 4 is 44.6 Å². The fourth-order valence-electron chi connectivity index (χ4n) is 2.73. The number of imidazole rings is 1. The van der Waals surface area contributed by atoms with Crippen LogP contribution < -0.4 is 5.32 Å². The summed E-state index contributed by atoms with van der Waals surface area (Å²) in [5, 5.41) is 6.67. The molecule has 0 fully saturated rings. The molecule has 1 N–H and O–H groups in total. The van der Waals surface area contributed by atoms with E-state index in [1.165, 1.54) is 11.3 Å². The number of benzene rings is 2. The zero-order chi connectivity index (χ0) is 17.9. The highest BCUT2D eigenvalue weighted by atomic mass is 32.1. The Labute approximate surface area is 153 Å². The Morgan fingerprint density at radius 2 is 2.00 bits per heavy atom. The van der Waals surface area contributed by atoms with Gasteiger partial charge in [-0.25, -0.2) is 4.98 Å². The van der Waals surface area contributed by atoms with Gasteiger partial charge in [0.25, 0.3) is 5.91 Å². The molecule has 26 heavy (non-hydrogen) atoms. The molecule has 130 valence electrons. The number of carbonyl (C=O) groups is 2. The Kier molecular flexibility index (Phi) is 4.37. The number of nitrogens with one attached hydrogen (secondary N) is 1. The lowest BCUT2D eigenvalue weighted by molar-refractivity contribution is -0.146. The molecule has 0 aliphatic rings. The summed E-state index contributed by atoms with van der Waals surface area (Å²) in [4.78, 5) is 29.2. The van der Waals surface area contributed by atoms with E-state index in [9.17, 15) is 9.59 Å². The number of aromatic nitrogens is 2. The van der Waals surface area contributed by atoms with Crippen LogP contribution in [0.15, 0.2) is 60.2 Å². The number of anilines is 1. The lowest BCUT2D eigenvalue weighted by Gasteiger charge is -2.09. The van der Waals surface area contributed by atoms with E-state index in [-0.39, 0.29) is 18.9 Å². The van der Waals surface area contributed by atoms with Gasteiger partial charge in [0.15, 0.2) is 11.6 Å². The molecule has 0 aliphatic heterocycles. The highest BCUT2D eigenvalue weighted by Crippen LogP contribution is 2.22. The average molecular weight is 365 g/mol. The van der Waals surface area contributed by atoms with Gasteiger partial charge in [0.1, 0.15) is 0 Å². The molecule has 0 unspecified atom stereocenters. The number of rotatable bonds is 5. The second kappa shape index (κ2) is 6.97. The molecule has 0 bridgehead atoms. The summed E-state index contributed by atoms with van der Waals surface area (Å²) in [6.07, 6.45) is 3.69. The molecule has 2 aromatic heterocycles. The summed E-state index contributed by atoms with van der Waals surface area (Å²) < 4.78 is 6.92. The molecule has 2 aromatic carbocycles. The number of ether oxygens (including phenoxy) is 1. The van der Waals surface area contributed by atoms with Crippen LogP contribution in [0.25, 0.3) is 15.7 Å². The number of thiazole rings is 1. The van der Waals surface area contributed by atoms with Gasteiger partial charge in [0.05, 0.1) is 12.1 Å². The van der Waals surface area contributed by atoms with E-state index in [4.69, 9.17) is 4.74 Å². The zero-order valence-corrected chi connectivity index (χ0v) is 14.5. The van der Waals surface area contributed by atoms with Gasteiger partial charge in [-0.2, -0.15) is 0 Å². The van der Waals surface area contributed by atoms with Crippen molar-refractivity contribution in [3.8, 4) is 0 Å². The van der Waals surface area contributed by atoms with Crippen molar-refractivity contribution in [1.29, 1.82) is 0 Å². The zero-order valence-electron chi connectivity index (χ0n) is 13.7. The van der Waals surface area contributed by atoms with Crippen LogP contribution in [-0.2, 0) is 20.7 Å². The molecular weight excluding hydrogens is 350 g/mol. The Morgan fingerprint density at radius 3 is 2.88 bits per heavy atom. The molecule has 7 heteroatoms. The molecule has 4 rings (SSSR count). The Hall–Kier alpha value is -3.19. The number of esters is 1. The van der Waals surface area contributed by atoms with Crippen LogP contribution in [0.4, 0.5) is 5.69 Å². The van der Waals surface area contributed by atoms with Crippen LogP contribution >= 0.6 is 11.3 Å². The van der Waals surface area contributed by atoms with E-state index in [1.807, 2.05) is 58.4 Å². The number of amides is 1. The molecule has 1 amide bonds. The lowest BCUT2D eigenvalue weighted by Crippen LogP contribution is -2.21. The summed E-state index contributed by atoms with van der Waals surface area (Å²) >= 11 is 1.49. The summed E-state index contributed by atoms with van der Waals surface area (Å²) in [7, 11) is 0. The van der Waals surface area contributed by atoms with Crippen molar-refractivity contribution in [2.45, 2.75) is 6.42 Å². The van der Waals surface area contributed by atoms with Gasteiger partial charge in [0, 0.05) is 28.8 Å². The number of fused-ring (bicyclic) bond motifs is 2. The summed E-state index contributed by atoms with van der Waals surface area (Å²) in [6, 6.07) is 13.4. The van der Waals surface area contributed by atoms with E-state index in [2.05, 4.69) is 10.3 Å². The molecule has 6 nitrogen and oxygen atoms in total. The second-order valence-corrected chi connectivity index (χ2v) is 6.61. The molecule has 2 heterocycles. The lowest BCUT2D eigenvalue weighted by atomic mass is 10.1. The van der Waals surface area contributed by atoms with Crippen molar-refractivity contribution in [1.82, 2.24) is 9.38 Å². The Morgan fingerprint density at radius 1 is 1.15 bits per heavy atom. The molecule has 0 saturated heterocycles. The van der Waals surface area contributed by atoms with Crippen molar-refractivity contribution in [2.24, 2.45) is 0 Å². The fraction of sp³-hybridized carbons (Fsp3) is 0.105. The van der Waals surface area contributed by atoms with Crippen molar-refractivity contribution in [2.75, 3.05) is 11.9 Å². The van der Waals surface area contributed by atoms with Gasteiger partial charge >= 0.3 is 5.97 Å². The van der Waals surface area contributed by atoms with E-state index in [1.54, 1.807) is 6.20 Å². The Balaban J connectivity index is 1.34. The fourth-order valence-corrected chi connectivity index (χ4v) is 3.45. The van der Waals surface area contributed by atoms with Gasteiger partial charge in [-0.1, -0.05) is 36.4 Å². The summed E-state index contributed by atoms with van der Waals surface area (Å²) in [5.41, 5.74) is 1.31. The number of hydrogen-bond acceptors (Lipinski definition) is 5. The SMILES string of the molecule is O=C(COC(=O)Cc1cn2ccsc2n1)Nc1cccc2ccccc12. The molecule has 0 aliphatic carbocycles. The third-order valence-corrected chi connectivity index (χ3v) is 4.67. The predicted octanol–water partition coefficient (Wildman–Crippen LogP) is 3.27. The smallest absolute Gasteiger partial charge is 0.312 e. The number of hydrogen-bond donors (Lipinski definition) is 1. The van der Waals surface area contributed by atoms with Crippen molar-refractivity contribution in [3.63, 3.8) is 0 Å². The second-order valence-electron chi connectivity index (χ2n) is 5.74. The maximum atomic E-state index is 12.1. The van der Waals surface area contributed by atoms with Gasteiger partial charge in [-0.05, 0) is 11.5 Å². The third kappa shape index (κ3) is 3.43. The maximum absolute atomic E-state index is 12.1.